The van der Waals surface area contributed by atoms with Crippen LogP contribution in [0.3, 0.4) is 0 Å². The Morgan fingerprint density at radius 2 is 2.23 bits per heavy atom. The van der Waals surface area contributed by atoms with Gasteiger partial charge in [0.1, 0.15) is 0 Å². The van der Waals surface area contributed by atoms with Crippen molar-refractivity contribution in [3.05, 3.63) is 34.9 Å². The Bertz CT molecular complexity index is 296. The summed E-state index contributed by atoms with van der Waals surface area (Å²) in [5, 5.41) is 1.04. The van der Waals surface area contributed by atoms with Gasteiger partial charge in [0.2, 0.25) is 0 Å². The summed E-state index contributed by atoms with van der Waals surface area (Å²) in [4.78, 5) is 0. The lowest BCUT2D eigenvalue weighted by atomic mass is 9.99. The predicted molar refractivity (Wildman–Crippen MR) is 57.3 cm³/mol. The van der Waals surface area contributed by atoms with E-state index < -0.39 is 0 Å². The second kappa shape index (κ2) is 4.25. The molecular weight excluding hydrogens is 228 g/mol. The zero-order valence-electron chi connectivity index (χ0n) is 7.55. The van der Waals surface area contributed by atoms with Gasteiger partial charge in [-0.25, -0.2) is 0 Å². The zero-order valence-corrected chi connectivity index (χ0v) is 9.14. The van der Waals surface area contributed by atoms with Gasteiger partial charge in [0, 0.05) is 5.33 Å². The van der Waals surface area contributed by atoms with Crippen LogP contribution < -0.4 is 0 Å². The maximum absolute atomic E-state index is 5.39. The van der Waals surface area contributed by atoms with Gasteiger partial charge in [0.15, 0.2) is 0 Å². The molecule has 0 fully saturated rings. The molecule has 1 aliphatic heterocycles. The summed E-state index contributed by atoms with van der Waals surface area (Å²) < 4.78 is 5.39. The highest BCUT2D eigenvalue weighted by Gasteiger charge is 2.08. The molecule has 0 atom stereocenters. The van der Waals surface area contributed by atoms with Gasteiger partial charge in [-0.15, -0.1) is 0 Å². The van der Waals surface area contributed by atoms with Crippen LogP contribution in [0.1, 0.15) is 16.7 Å². The molecule has 0 aliphatic carbocycles. The van der Waals surface area contributed by atoms with Gasteiger partial charge < -0.3 is 4.74 Å². The minimum atomic E-state index is 0.796. The van der Waals surface area contributed by atoms with Crippen molar-refractivity contribution < 1.29 is 4.74 Å². The molecule has 2 heteroatoms. The maximum Gasteiger partial charge on any atom is 0.0719 e. The molecule has 13 heavy (non-hydrogen) atoms. The van der Waals surface area contributed by atoms with Crippen molar-refractivity contribution in [2.45, 2.75) is 19.4 Å². The van der Waals surface area contributed by atoms with E-state index in [4.69, 9.17) is 4.74 Å². The normalized spacial score (nSPS) is 15.5. The molecular formula is C11H13BrO. The lowest BCUT2D eigenvalue weighted by Gasteiger charge is -2.16. The fraction of sp³-hybridized carbons (Fsp3) is 0.455. The molecule has 1 aromatic carbocycles. The van der Waals surface area contributed by atoms with Crippen molar-refractivity contribution in [2.24, 2.45) is 0 Å². The second-order valence-electron chi connectivity index (χ2n) is 3.34. The minimum absolute atomic E-state index is 0.796. The molecule has 0 bridgehead atoms. The maximum atomic E-state index is 5.39. The summed E-state index contributed by atoms with van der Waals surface area (Å²) in [7, 11) is 0. The standard InChI is InChI=1S/C11H13BrO/c12-5-3-9-1-2-11-8-13-6-4-10(11)7-9/h1-2,7H,3-6,8H2. The molecule has 0 N–H and O–H groups in total. The summed E-state index contributed by atoms with van der Waals surface area (Å²) in [6.07, 6.45) is 2.19. The molecule has 1 aromatic rings. The molecule has 1 aliphatic rings. The van der Waals surface area contributed by atoms with Crippen LogP contribution in [0.15, 0.2) is 18.2 Å². The van der Waals surface area contributed by atoms with Gasteiger partial charge in [-0.2, -0.15) is 0 Å². The molecule has 1 nitrogen and oxygen atoms in total. The van der Waals surface area contributed by atoms with Gasteiger partial charge in [0.25, 0.3) is 0 Å². The Kier molecular flexibility index (Phi) is 3.01. The van der Waals surface area contributed by atoms with Crippen LogP contribution in [-0.2, 0) is 24.2 Å². The average molecular weight is 241 g/mol. The summed E-state index contributed by atoms with van der Waals surface area (Å²) >= 11 is 3.46. The Hall–Kier alpha value is -0.340. The van der Waals surface area contributed by atoms with Gasteiger partial charge >= 0.3 is 0 Å². The summed E-state index contributed by atoms with van der Waals surface area (Å²) in [5.74, 6) is 0. The van der Waals surface area contributed by atoms with E-state index in [1.807, 2.05) is 0 Å². The fourth-order valence-corrected chi connectivity index (χ4v) is 2.14. The van der Waals surface area contributed by atoms with E-state index in [1.165, 1.54) is 16.7 Å². The van der Waals surface area contributed by atoms with Crippen molar-refractivity contribution in [3.63, 3.8) is 0 Å². The van der Waals surface area contributed by atoms with E-state index in [9.17, 15) is 0 Å². The SMILES string of the molecule is BrCCc1ccc2c(c1)CCOC2. The number of alkyl halides is 1. The first-order valence-electron chi connectivity index (χ1n) is 4.64. The minimum Gasteiger partial charge on any atom is -0.376 e. The van der Waals surface area contributed by atoms with Crippen molar-refractivity contribution >= 4 is 15.9 Å². The molecule has 0 spiro atoms. The Morgan fingerprint density at radius 1 is 1.31 bits per heavy atom. The van der Waals surface area contributed by atoms with Gasteiger partial charge in [0.05, 0.1) is 13.2 Å². The number of hydrogen-bond donors (Lipinski definition) is 0. The Balaban J connectivity index is 2.24. The quantitative estimate of drug-likeness (QED) is 0.723. The molecule has 0 amide bonds. The van der Waals surface area contributed by atoms with E-state index in [-0.39, 0.29) is 0 Å². The van der Waals surface area contributed by atoms with Crippen molar-refractivity contribution in [1.29, 1.82) is 0 Å². The summed E-state index contributed by atoms with van der Waals surface area (Å²) in [6.45, 7) is 1.68. The number of fused-ring (bicyclic) bond motifs is 1. The van der Waals surface area contributed by atoms with Crippen LogP contribution in [0.25, 0.3) is 0 Å². The molecule has 0 unspecified atom stereocenters. The van der Waals surface area contributed by atoms with Crippen LogP contribution in [0.5, 0.6) is 0 Å². The summed E-state index contributed by atoms with van der Waals surface area (Å²) in [5.41, 5.74) is 4.27. The van der Waals surface area contributed by atoms with Gasteiger partial charge in [-0.05, 0) is 29.5 Å². The number of hydrogen-bond acceptors (Lipinski definition) is 1. The average Bonchev–Trinajstić information content (AvgIpc) is 2.18. The zero-order chi connectivity index (χ0) is 9.10. The number of aryl methyl sites for hydroxylation is 1. The first kappa shape index (κ1) is 9.22. The van der Waals surface area contributed by atoms with Crippen LogP contribution in [0, 0.1) is 0 Å². The van der Waals surface area contributed by atoms with E-state index in [1.54, 1.807) is 0 Å². The lowest BCUT2D eigenvalue weighted by molar-refractivity contribution is 0.110. The molecule has 1 heterocycles. The number of benzene rings is 1. The monoisotopic (exact) mass is 240 g/mol. The third-order valence-corrected chi connectivity index (χ3v) is 2.82. The fourth-order valence-electron chi connectivity index (χ4n) is 1.68. The van der Waals surface area contributed by atoms with Crippen molar-refractivity contribution in [3.8, 4) is 0 Å². The van der Waals surface area contributed by atoms with E-state index in [0.717, 1.165) is 31.4 Å². The van der Waals surface area contributed by atoms with Crippen LogP contribution in [-0.4, -0.2) is 11.9 Å². The van der Waals surface area contributed by atoms with Gasteiger partial charge in [-0.3, -0.25) is 0 Å². The Morgan fingerprint density at radius 3 is 3.08 bits per heavy atom. The number of ether oxygens (including phenoxy) is 1. The molecule has 2 rings (SSSR count). The highest BCUT2D eigenvalue weighted by atomic mass is 79.9. The van der Waals surface area contributed by atoms with E-state index in [2.05, 4.69) is 34.1 Å². The molecule has 0 aromatic heterocycles. The second-order valence-corrected chi connectivity index (χ2v) is 4.14. The van der Waals surface area contributed by atoms with Crippen LogP contribution >= 0.6 is 15.9 Å². The van der Waals surface area contributed by atoms with Crippen LogP contribution in [0.4, 0.5) is 0 Å². The number of halogens is 1. The first-order chi connectivity index (χ1) is 6.40. The van der Waals surface area contributed by atoms with Gasteiger partial charge in [-0.1, -0.05) is 34.1 Å². The van der Waals surface area contributed by atoms with E-state index in [0.29, 0.717) is 0 Å². The first-order valence-corrected chi connectivity index (χ1v) is 5.76. The number of rotatable bonds is 2. The third kappa shape index (κ3) is 2.12. The molecule has 0 saturated carbocycles. The smallest absolute Gasteiger partial charge is 0.0719 e. The predicted octanol–water partition coefficient (Wildman–Crippen LogP) is 2.70. The third-order valence-electron chi connectivity index (χ3n) is 2.43. The highest BCUT2D eigenvalue weighted by molar-refractivity contribution is 9.09. The Labute approximate surface area is 87.2 Å². The van der Waals surface area contributed by atoms with Crippen molar-refractivity contribution in [1.82, 2.24) is 0 Å². The molecule has 0 radical (unpaired) electrons. The molecule has 70 valence electrons. The highest BCUT2D eigenvalue weighted by Crippen LogP contribution is 2.18. The van der Waals surface area contributed by atoms with Crippen LogP contribution in [0.2, 0.25) is 0 Å². The lowest BCUT2D eigenvalue weighted by Crippen LogP contribution is -2.10. The summed E-state index contributed by atoms with van der Waals surface area (Å²) in [6, 6.07) is 6.72. The van der Waals surface area contributed by atoms with E-state index >= 15 is 0 Å². The largest absolute Gasteiger partial charge is 0.376 e. The topological polar surface area (TPSA) is 9.23 Å². The van der Waals surface area contributed by atoms with Crippen molar-refractivity contribution in [2.75, 3.05) is 11.9 Å². The molecule has 0 saturated heterocycles.